The van der Waals surface area contributed by atoms with Gasteiger partial charge < -0.3 is 4.74 Å². The highest BCUT2D eigenvalue weighted by atomic mass is 32.2. The Bertz CT molecular complexity index is 918. The minimum atomic E-state index is 0.0295. The zero-order valence-corrected chi connectivity index (χ0v) is 26.5. The summed E-state index contributed by atoms with van der Waals surface area (Å²) in [5.74, 6) is 2.01. The molecule has 0 radical (unpaired) electrons. The van der Waals surface area contributed by atoms with Gasteiger partial charge >= 0.3 is 0 Å². The molecule has 2 rings (SSSR count). The number of unbranched alkanes of at least 4 members (excludes halogenated alkanes) is 16. The van der Waals surface area contributed by atoms with Gasteiger partial charge in [-0.3, -0.25) is 4.79 Å². The van der Waals surface area contributed by atoms with Crippen LogP contribution in [0.1, 0.15) is 145 Å². The highest BCUT2D eigenvalue weighted by molar-refractivity contribution is 7.99. The molecule has 0 unspecified atom stereocenters. The fraction of sp³-hybridized carbons (Fsp3) is 0.595. The summed E-state index contributed by atoms with van der Waals surface area (Å²) in [6.45, 7) is 5.23. The molecular formula is C37H56O2S. The summed E-state index contributed by atoms with van der Waals surface area (Å²) >= 11 is 1.83. The maximum absolute atomic E-state index is 12.6. The van der Waals surface area contributed by atoms with Crippen molar-refractivity contribution >= 4 is 23.6 Å². The first-order chi connectivity index (χ1) is 19.7. The van der Waals surface area contributed by atoms with Gasteiger partial charge in [0.2, 0.25) is 0 Å². The Morgan fingerprint density at radius 1 is 0.675 bits per heavy atom. The fourth-order valence-corrected chi connectivity index (χ4v) is 5.70. The fourth-order valence-electron chi connectivity index (χ4n) is 4.93. The van der Waals surface area contributed by atoms with E-state index in [1.807, 2.05) is 66.4 Å². The maximum Gasteiger partial charge on any atom is 0.185 e. The van der Waals surface area contributed by atoms with Crippen LogP contribution in [0.2, 0.25) is 0 Å². The molecule has 0 atom stereocenters. The Labute approximate surface area is 250 Å². The number of ketones is 1. The SMILES string of the molecule is CCCCCCCCCCCCCCCCCCCOc1cccc(/C=C/C(=O)c2ccc(SCCC)cc2)c1. The van der Waals surface area contributed by atoms with Crippen LogP contribution >= 0.6 is 11.8 Å². The van der Waals surface area contributed by atoms with Crippen LogP contribution in [-0.4, -0.2) is 18.1 Å². The van der Waals surface area contributed by atoms with Gasteiger partial charge in [-0.1, -0.05) is 135 Å². The van der Waals surface area contributed by atoms with Crippen molar-refractivity contribution in [1.82, 2.24) is 0 Å². The molecule has 0 fully saturated rings. The van der Waals surface area contributed by atoms with Crippen molar-refractivity contribution in [3.63, 3.8) is 0 Å². The van der Waals surface area contributed by atoms with Crippen molar-refractivity contribution in [2.45, 2.75) is 134 Å². The van der Waals surface area contributed by atoms with Crippen molar-refractivity contribution in [2.75, 3.05) is 12.4 Å². The molecule has 0 aliphatic carbocycles. The quantitative estimate of drug-likeness (QED) is 0.0519. The Morgan fingerprint density at radius 3 is 1.77 bits per heavy atom. The standard InChI is InChI=1S/C37H56O2S/c1-3-5-6-7-8-9-10-11-12-13-14-15-16-17-18-19-20-30-39-35-23-21-22-33(32-35)24-29-37(38)34-25-27-36(28-26-34)40-31-4-2/h21-29,32H,3-20,30-31H2,1-2H3/b29-24+. The van der Waals surface area contributed by atoms with Crippen molar-refractivity contribution in [2.24, 2.45) is 0 Å². The molecule has 0 N–H and O–H groups in total. The van der Waals surface area contributed by atoms with Crippen molar-refractivity contribution in [3.8, 4) is 5.75 Å². The normalized spacial score (nSPS) is 11.3. The lowest BCUT2D eigenvalue weighted by atomic mass is 10.0. The van der Waals surface area contributed by atoms with Gasteiger partial charge in [0.05, 0.1) is 6.61 Å². The second-order valence-electron chi connectivity index (χ2n) is 11.1. The number of carbonyl (C=O) groups excluding carboxylic acids is 1. The average Bonchev–Trinajstić information content (AvgIpc) is 2.98. The average molecular weight is 565 g/mol. The topological polar surface area (TPSA) is 26.3 Å². The van der Waals surface area contributed by atoms with Crippen LogP contribution in [0.15, 0.2) is 59.5 Å². The van der Waals surface area contributed by atoms with Gasteiger partial charge in [0.25, 0.3) is 0 Å². The molecule has 40 heavy (non-hydrogen) atoms. The van der Waals surface area contributed by atoms with E-state index < -0.39 is 0 Å². The minimum Gasteiger partial charge on any atom is -0.494 e. The van der Waals surface area contributed by atoms with E-state index >= 15 is 0 Å². The number of ether oxygens (including phenoxy) is 1. The Kier molecular flexibility index (Phi) is 20.2. The van der Waals surface area contributed by atoms with Crippen LogP contribution in [-0.2, 0) is 0 Å². The lowest BCUT2D eigenvalue weighted by Gasteiger charge is -2.07. The van der Waals surface area contributed by atoms with E-state index in [-0.39, 0.29) is 5.78 Å². The van der Waals surface area contributed by atoms with E-state index in [4.69, 9.17) is 4.74 Å². The van der Waals surface area contributed by atoms with E-state index in [1.165, 1.54) is 108 Å². The molecular weight excluding hydrogens is 508 g/mol. The van der Waals surface area contributed by atoms with Gasteiger partial charge in [-0.15, -0.1) is 11.8 Å². The first kappa shape index (κ1) is 34.2. The molecule has 0 amide bonds. The number of hydrogen-bond donors (Lipinski definition) is 0. The Balaban J connectivity index is 1.47. The lowest BCUT2D eigenvalue weighted by Crippen LogP contribution is -1.97. The smallest absolute Gasteiger partial charge is 0.185 e. The van der Waals surface area contributed by atoms with Gasteiger partial charge in [-0.25, -0.2) is 0 Å². The number of thioether (sulfide) groups is 1. The first-order valence-corrected chi connectivity index (χ1v) is 17.4. The number of benzene rings is 2. The predicted octanol–water partition coefficient (Wildman–Crippen LogP) is 12.1. The molecule has 0 bridgehead atoms. The number of hydrogen-bond acceptors (Lipinski definition) is 3. The van der Waals surface area contributed by atoms with Crippen LogP contribution in [0.3, 0.4) is 0 Å². The Morgan fingerprint density at radius 2 is 1.23 bits per heavy atom. The van der Waals surface area contributed by atoms with Crippen LogP contribution in [0.25, 0.3) is 6.08 Å². The summed E-state index contributed by atoms with van der Waals surface area (Å²) in [6.07, 6.45) is 28.2. The summed E-state index contributed by atoms with van der Waals surface area (Å²) in [4.78, 5) is 13.8. The van der Waals surface area contributed by atoms with Crippen molar-refractivity contribution in [3.05, 3.63) is 65.7 Å². The highest BCUT2D eigenvalue weighted by Gasteiger charge is 2.03. The van der Waals surface area contributed by atoms with Crippen LogP contribution in [0.5, 0.6) is 5.75 Å². The van der Waals surface area contributed by atoms with Gasteiger partial charge in [-0.2, -0.15) is 0 Å². The third kappa shape index (κ3) is 17.0. The van der Waals surface area contributed by atoms with Gasteiger partial charge in [-0.05, 0) is 66.6 Å². The number of allylic oxidation sites excluding steroid dienone is 1. The molecule has 0 aliphatic rings. The first-order valence-electron chi connectivity index (χ1n) is 16.4. The van der Waals surface area contributed by atoms with E-state index in [9.17, 15) is 4.79 Å². The van der Waals surface area contributed by atoms with Gasteiger partial charge in [0, 0.05) is 10.5 Å². The highest BCUT2D eigenvalue weighted by Crippen LogP contribution is 2.20. The molecule has 2 aromatic rings. The van der Waals surface area contributed by atoms with Crippen LogP contribution < -0.4 is 4.74 Å². The third-order valence-electron chi connectivity index (χ3n) is 7.41. The third-order valence-corrected chi connectivity index (χ3v) is 8.63. The summed E-state index contributed by atoms with van der Waals surface area (Å²) in [7, 11) is 0. The molecule has 0 saturated heterocycles. The van der Waals surface area contributed by atoms with E-state index in [0.717, 1.165) is 42.1 Å². The molecule has 0 spiro atoms. The maximum atomic E-state index is 12.6. The van der Waals surface area contributed by atoms with E-state index in [0.29, 0.717) is 0 Å². The molecule has 2 aromatic carbocycles. The summed E-state index contributed by atoms with van der Waals surface area (Å²) in [6, 6.07) is 15.9. The van der Waals surface area contributed by atoms with E-state index in [1.54, 1.807) is 6.08 Å². The van der Waals surface area contributed by atoms with Gasteiger partial charge in [0.1, 0.15) is 5.75 Å². The molecule has 0 saturated carbocycles. The monoisotopic (exact) mass is 564 g/mol. The largest absolute Gasteiger partial charge is 0.494 e. The van der Waals surface area contributed by atoms with Gasteiger partial charge in [0.15, 0.2) is 5.78 Å². The lowest BCUT2D eigenvalue weighted by molar-refractivity contribution is 0.104. The van der Waals surface area contributed by atoms with Crippen molar-refractivity contribution in [1.29, 1.82) is 0 Å². The summed E-state index contributed by atoms with van der Waals surface area (Å²) in [5.41, 5.74) is 1.71. The number of carbonyl (C=O) groups is 1. The minimum absolute atomic E-state index is 0.0295. The molecule has 222 valence electrons. The predicted molar refractivity (Wildman–Crippen MR) is 177 cm³/mol. The summed E-state index contributed by atoms with van der Waals surface area (Å²) in [5, 5.41) is 0. The van der Waals surface area contributed by atoms with Crippen molar-refractivity contribution < 1.29 is 9.53 Å². The molecule has 2 nitrogen and oxygen atoms in total. The van der Waals surface area contributed by atoms with E-state index in [2.05, 4.69) is 13.8 Å². The zero-order chi connectivity index (χ0) is 28.5. The Hall–Kier alpha value is -2.00. The second-order valence-corrected chi connectivity index (χ2v) is 12.3. The molecule has 0 aromatic heterocycles. The molecule has 3 heteroatoms. The molecule has 0 aliphatic heterocycles. The zero-order valence-electron chi connectivity index (χ0n) is 25.6. The van der Waals surface area contributed by atoms with Crippen LogP contribution in [0, 0.1) is 0 Å². The van der Waals surface area contributed by atoms with Crippen LogP contribution in [0.4, 0.5) is 0 Å². The summed E-state index contributed by atoms with van der Waals surface area (Å²) < 4.78 is 5.99. The number of rotatable bonds is 25. The second kappa shape index (κ2) is 23.7. The molecule has 0 heterocycles.